The first-order valence-electron chi connectivity index (χ1n) is 5.49. The number of hydrogen-bond donors (Lipinski definition) is 0. The fourth-order valence-electron chi connectivity index (χ4n) is 1.06. The Morgan fingerprint density at radius 2 is 1.94 bits per heavy atom. The maximum Gasteiger partial charge on any atom is 0.130 e. The van der Waals surface area contributed by atoms with Crippen LogP contribution in [0.25, 0.3) is 0 Å². The number of aliphatic imine (C=N–C) groups is 1. The fourth-order valence-corrected chi connectivity index (χ4v) is 1.06. The number of allylic oxidation sites excluding steroid dienone is 6. The summed E-state index contributed by atoms with van der Waals surface area (Å²) in [7, 11) is 1.74. The van der Waals surface area contributed by atoms with Crippen LogP contribution in [-0.2, 0) is 4.74 Å². The second-order valence-electron chi connectivity index (χ2n) is 3.62. The summed E-state index contributed by atoms with van der Waals surface area (Å²) in [4.78, 5) is 4.12. The van der Waals surface area contributed by atoms with E-state index in [-0.39, 0.29) is 0 Å². The van der Waals surface area contributed by atoms with Gasteiger partial charge in [0.15, 0.2) is 0 Å². The number of nitrogens with zero attached hydrogens (tertiary/aromatic N) is 1. The van der Waals surface area contributed by atoms with Gasteiger partial charge in [0.05, 0.1) is 5.71 Å². The van der Waals surface area contributed by atoms with E-state index < -0.39 is 0 Å². The van der Waals surface area contributed by atoms with Gasteiger partial charge in [-0.15, -0.1) is 0 Å². The van der Waals surface area contributed by atoms with Crippen LogP contribution in [0, 0.1) is 0 Å². The Morgan fingerprint density at radius 1 is 1.24 bits per heavy atom. The summed E-state index contributed by atoms with van der Waals surface area (Å²) in [6.07, 6.45) is 10.9. The molecule has 0 aliphatic carbocycles. The normalized spacial score (nSPS) is 12.4. The molecule has 2 heteroatoms. The highest BCUT2D eigenvalue weighted by molar-refractivity contribution is 5.96. The Bertz CT molecular complexity index is 366. The van der Waals surface area contributed by atoms with Crippen molar-refractivity contribution in [2.75, 3.05) is 13.7 Å². The van der Waals surface area contributed by atoms with Crippen molar-refractivity contribution >= 4 is 5.71 Å². The lowest BCUT2D eigenvalue weighted by molar-refractivity contribution is 0.273. The van der Waals surface area contributed by atoms with Gasteiger partial charge in [-0.3, -0.25) is 4.99 Å². The first-order valence-corrected chi connectivity index (χ1v) is 5.49. The van der Waals surface area contributed by atoms with Crippen molar-refractivity contribution in [3.05, 3.63) is 60.9 Å². The summed E-state index contributed by atoms with van der Waals surface area (Å²) in [5.41, 5.74) is 2.04. The molecular formula is C15H21NO. The maximum absolute atomic E-state index is 5.64. The highest BCUT2D eigenvalue weighted by Crippen LogP contribution is 2.05. The third-order valence-electron chi connectivity index (χ3n) is 1.81. The Balaban J connectivity index is 4.55. The second-order valence-corrected chi connectivity index (χ2v) is 3.62. The summed E-state index contributed by atoms with van der Waals surface area (Å²) in [5, 5.41) is 0. The number of rotatable bonds is 7. The molecule has 0 rings (SSSR count). The van der Waals surface area contributed by atoms with Crippen LogP contribution < -0.4 is 0 Å². The minimum absolute atomic E-state index is 0.435. The van der Waals surface area contributed by atoms with Crippen LogP contribution in [0.5, 0.6) is 0 Å². The zero-order valence-electron chi connectivity index (χ0n) is 10.9. The molecule has 0 saturated heterocycles. The van der Waals surface area contributed by atoms with Crippen molar-refractivity contribution in [3.63, 3.8) is 0 Å². The fraction of sp³-hybridized carbons (Fsp3) is 0.267. The zero-order valence-corrected chi connectivity index (χ0v) is 10.9. The first kappa shape index (κ1) is 15.2. The highest BCUT2D eigenvalue weighted by atomic mass is 16.5. The van der Waals surface area contributed by atoms with Crippen molar-refractivity contribution in [2.45, 2.75) is 13.8 Å². The van der Waals surface area contributed by atoms with Crippen molar-refractivity contribution in [1.82, 2.24) is 0 Å². The zero-order chi connectivity index (χ0) is 13.1. The first-order chi connectivity index (χ1) is 8.13. The molecule has 17 heavy (non-hydrogen) atoms. The molecule has 0 bridgehead atoms. The molecule has 0 aliphatic rings. The number of hydrogen-bond acceptors (Lipinski definition) is 2. The number of ether oxygens (including phenoxy) is 1. The topological polar surface area (TPSA) is 21.6 Å². The smallest absolute Gasteiger partial charge is 0.130 e. The van der Waals surface area contributed by atoms with Crippen molar-refractivity contribution in [3.8, 4) is 0 Å². The molecule has 0 spiro atoms. The van der Waals surface area contributed by atoms with Gasteiger partial charge in [-0.25, -0.2) is 0 Å². The average Bonchev–Trinajstić information content (AvgIpc) is 2.28. The third-order valence-corrected chi connectivity index (χ3v) is 1.81. The minimum Gasteiger partial charge on any atom is -0.487 e. The van der Waals surface area contributed by atoms with E-state index in [1.165, 1.54) is 5.57 Å². The SMILES string of the molecule is C=C/C=C\C(CO/C(C=C(C)C)=C/C=C)=NC. The van der Waals surface area contributed by atoms with Crippen LogP contribution in [0.3, 0.4) is 0 Å². The van der Waals surface area contributed by atoms with E-state index in [0.717, 1.165) is 11.5 Å². The van der Waals surface area contributed by atoms with E-state index in [0.29, 0.717) is 6.61 Å². The third kappa shape index (κ3) is 8.03. The van der Waals surface area contributed by atoms with Gasteiger partial charge in [-0.05, 0) is 32.1 Å². The van der Waals surface area contributed by atoms with Gasteiger partial charge in [0, 0.05) is 7.05 Å². The van der Waals surface area contributed by atoms with E-state index in [4.69, 9.17) is 4.74 Å². The molecule has 0 amide bonds. The lowest BCUT2D eigenvalue weighted by atomic mass is 10.3. The monoisotopic (exact) mass is 231 g/mol. The Hall–Kier alpha value is -1.83. The summed E-state index contributed by atoms with van der Waals surface area (Å²) in [6.45, 7) is 11.8. The van der Waals surface area contributed by atoms with Gasteiger partial charge < -0.3 is 4.74 Å². The maximum atomic E-state index is 5.64. The molecule has 0 aromatic carbocycles. The molecule has 0 aromatic heterocycles. The molecule has 0 heterocycles. The van der Waals surface area contributed by atoms with Crippen LogP contribution in [0.15, 0.2) is 65.9 Å². The molecule has 92 valence electrons. The second kappa shape index (κ2) is 9.40. The van der Waals surface area contributed by atoms with Crippen LogP contribution in [0.2, 0.25) is 0 Å². The van der Waals surface area contributed by atoms with Crippen LogP contribution >= 0.6 is 0 Å². The average molecular weight is 231 g/mol. The van der Waals surface area contributed by atoms with Gasteiger partial charge in [0.2, 0.25) is 0 Å². The lowest BCUT2D eigenvalue weighted by Gasteiger charge is -2.07. The quantitative estimate of drug-likeness (QED) is 0.370. The summed E-state index contributed by atoms with van der Waals surface area (Å²) < 4.78 is 5.64. The molecule has 0 unspecified atom stereocenters. The van der Waals surface area contributed by atoms with Gasteiger partial charge in [-0.1, -0.05) is 37.0 Å². The Labute approximate surface area is 104 Å². The van der Waals surface area contributed by atoms with Gasteiger partial charge in [0.1, 0.15) is 12.4 Å². The Kier molecular flexibility index (Phi) is 8.39. The lowest BCUT2D eigenvalue weighted by Crippen LogP contribution is -2.05. The molecule has 2 nitrogen and oxygen atoms in total. The van der Waals surface area contributed by atoms with Gasteiger partial charge in [-0.2, -0.15) is 0 Å². The van der Waals surface area contributed by atoms with Crippen molar-refractivity contribution in [1.29, 1.82) is 0 Å². The van der Waals surface area contributed by atoms with Crippen LogP contribution in [0.1, 0.15) is 13.8 Å². The van der Waals surface area contributed by atoms with Crippen LogP contribution in [-0.4, -0.2) is 19.4 Å². The van der Waals surface area contributed by atoms with Crippen molar-refractivity contribution in [2.24, 2.45) is 4.99 Å². The highest BCUT2D eigenvalue weighted by Gasteiger charge is 1.97. The van der Waals surface area contributed by atoms with Crippen LogP contribution in [0.4, 0.5) is 0 Å². The Morgan fingerprint density at radius 3 is 2.41 bits per heavy atom. The molecule has 0 saturated carbocycles. The summed E-state index contributed by atoms with van der Waals surface area (Å²) >= 11 is 0. The van der Waals surface area contributed by atoms with E-state index in [1.807, 2.05) is 38.2 Å². The predicted octanol–water partition coefficient (Wildman–Crippen LogP) is 3.85. The summed E-state index contributed by atoms with van der Waals surface area (Å²) in [6, 6.07) is 0. The van der Waals surface area contributed by atoms with E-state index >= 15 is 0 Å². The molecule has 0 N–H and O–H groups in total. The molecule has 0 aromatic rings. The van der Waals surface area contributed by atoms with E-state index in [2.05, 4.69) is 18.2 Å². The molecule has 0 radical (unpaired) electrons. The molecular weight excluding hydrogens is 210 g/mol. The van der Waals surface area contributed by atoms with Gasteiger partial charge >= 0.3 is 0 Å². The largest absolute Gasteiger partial charge is 0.487 e. The molecule has 0 aliphatic heterocycles. The van der Waals surface area contributed by atoms with Crippen molar-refractivity contribution < 1.29 is 4.74 Å². The standard InChI is InChI=1S/C15H21NO/c1-6-8-10-14(16-5)12-17-15(9-7-2)11-13(3)4/h6-11H,1-2,12H2,3-5H3/b10-8-,15-9+,16-14?. The molecule has 0 atom stereocenters. The minimum atomic E-state index is 0.435. The molecule has 0 fully saturated rings. The van der Waals surface area contributed by atoms with E-state index in [9.17, 15) is 0 Å². The summed E-state index contributed by atoms with van der Waals surface area (Å²) in [5.74, 6) is 0.785. The predicted molar refractivity (Wildman–Crippen MR) is 76.4 cm³/mol. The van der Waals surface area contributed by atoms with E-state index in [1.54, 1.807) is 19.2 Å². The van der Waals surface area contributed by atoms with Gasteiger partial charge in [0.25, 0.3) is 0 Å².